The highest BCUT2D eigenvalue weighted by Crippen LogP contribution is 2.10. The summed E-state index contributed by atoms with van der Waals surface area (Å²) < 4.78 is 0. The third-order valence-corrected chi connectivity index (χ3v) is 1.42. The summed E-state index contributed by atoms with van der Waals surface area (Å²) in [5, 5.41) is 8.29. The maximum Gasteiger partial charge on any atom is 0.229 e. The Morgan fingerprint density at radius 2 is 1.90 bits per heavy atom. The lowest BCUT2D eigenvalue weighted by atomic mass is 10.4. The van der Waals surface area contributed by atoms with Crippen LogP contribution in [0.15, 0.2) is 0 Å². The summed E-state index contributed by atoms with van der Waals surface area (Å²) in [7, 11) is 0. The van der Waals surface area contributed by atoms with Crippen molar-refractivity contribution in [2.24, 2.45) is 0 Å². The van der Waals surface area contributed by atoms with Gasteiger partial charge in [0.2, 0.25) is 11.8 Å². The average Bonchev–Trinajstić information content (AvgIpc) is 2.20. The third-order valence-electron chi connectivity index (χ3n) is 1.42. The molecule has 4 heteroatoms. The molecule has 0 aromatic heterocycles. The lowest BCUT2D eigenvalue weighted by Gasteiger charge is -2.09. The summed E-state index contributed by atoms with van der Waals surface area (Å²) in [6, 6.07) is 0. The summed E-state index contributed by atoms with van der Waals surface area (Å²) in [4.78, 5) is 22.5. The Bertz CT molecular complexity index is 150. The molecule has 1 saturated heterocycles. The van der Waals surface area contributed by atoms with E-state index < -0.39 is 0 Å². The summed E-state index contributed by atoms with van der Waals surface area (Å²) in [5.41, 5.74) is 0. The van der Waals surface area contributed by atoms with E-state index in [0.29, 0.717) is 0 Å². The van der Waals surface area contributed by atoms with Crippen LogP contribution in [0.5, 0.6) is 0 Å². The van der Waals surface area contributed by atoms with Crippen LogP contribution in [0.25, 0.3) is 0 Å². The van der Waals surface area contributed by atoms with Gasteiger partial charge in [-0.15, -0.1) is 0 Å². The van der Waals surface area contributed by atoms with Gasteiger partial charge in [0.1, 0.15) is 0 Å². The van der Waals surface area contributed by atoms with Crippen LogP contribution in [0.3, 0.4) is 0 Å². The fourth-order valence-electron chi connectivity index (χ4n) is 0.908. The van der Waals surface area contributed by atoms with E-state index >= 15 is 0 Å². The van der Waals surface area contributed by atoms with Crippen LogP contribution < -0.4 is 0 Å². The molecule has 2 amide bonds. The van der Waals surface area contributed by atoms with E-state index in [2.05, 4.69) is 0 Å². The fourth-order valence-corrected chi connectivity index (χ4v) is 0.908. The number of aliphatic hydroxyl groups is 1. The van der Waals surface area contributed by atoms with Crippen LogP contribution >= 0.6 is 0 Å². The normalized spacial score (nSPS) is 18.7. The van der Waals surface area contributed by atoms with Gasteiger partial charge < -0.3 is 5.11 Å². The van der Waals surface area contributed by atoms with E-state index in [-0.39, 0.29) is 31.2 Å². The van der Waals surface area contributed by atoms with Crippen LogP contribution in [-0.2, 0) is 9.59 Å². The number of rotatable bonds is 2. The number of likely N-dealkylation sites (tertiary alicyclic amines) is 1. The number of imide groups is 1. The predicted molar refractivity (Wildman–Crippen MR) is 32.2 cm³/mol. The first-order valence-corrected chi connectivity index (χ1v) is 3.05. The molecule has 10 heavy (non-hydrogen) atoms. The molecular formula is C6H8NO3. The predicted octanol–water partition coefficient (Wildman–Crippen LogP) is -0.330. The Hall–Kier alpha value is -0.900. The Labute approximate surface area is 58.4 Å². The average molecular weight is 142 g/mol. The van der Waals surface area contributed by atoms with Crippen molar-refractivity contribution >= 4 is 11.8 Å². The molecule has 0 saturated carbocycles. The zero-order chi connectivity index (χ0) is 7.56. The van der Waals surface area contributed by atoms with Gasteiger partial charge in [-0.25, -0.2) is 0 Å². The maximum atomic E-state index is 10.7. The number of carbonyl (C=O) groups excluding carboxylic acids is 2. The molecule has 55 valence electrons. The van der Waals surface area contributed by atoms with Crippen molar-refractivity contribution in [3.8, 4) is 0 Å². The second-order valence-corrected chi connectivity index (χ2v) is 2.08. The van der Waals surface area contributed by atoms with Crippen LogP contribution in [-0.4, -0.2) is 28.4 Å². The van der Waals surface area contributed by atoms with Crippen molar-refractivity contribution in [3.05, 3.63) is 6.61 Å². The van der Waals surface area contributed by atoms with E-state index in [0.717, 1.165) is 11.5 Å². The Morgan fingerprint density at radius 1 is 1.40 bits per heavy atom. The number of hydrogen-bond donors (Lipinski definition) is 1. The van der Waals surface area contributed by atoms with E-state index in [4.69, 9.17) is 5.11 Å². The number of amides is 2. The minimum Gasteiger partial charge on any atom is -0.388 e. The summed E-state index contributed by atoms with van der Waals surface area (Å²) in [6.45, 7) is 0.832. The topological polar surface area (TPSA) is 57.6 Å². The molecule has 4 nitrogen and oxygen atoms in total. The molecule has 1 fully saturated rings. The minimum atomic E-state index is -0.199. The Kier molecular flexibility index (Phi) is 2.01. The quantitative estimate of drug-likeness (QED) is 0.537. The lowest BCUT2D eigenvalue weighted by molar-refractivity contribution is -0.138. The minimum absolute atomic E-state index is 0.0255. The molecule has 1 N–H and O–H groups in total. The monoisotopic (exact) mass is 142 g/mol. The van der Waals surface area contributed by atoms with Gasteiger partial charge in [0.15, 0.2) is 0 Å². The molecule has 0 aromatic carbocycles. The SMILES string of the molecule is O=C1CCC(=O)N1C[CH]O. The molecule has 0 bridgehead atoms. The molecule has 0 atom stereocenters. The van der Waals surface area contributed by atoms with Crippen molar-refractivity contribution in [3.63, 3.8) is 0 Å². The van der Waals surface area contributed by atoms with Crippen LogP contribution in [0.4, 0.5) is 0 Å². The fraction of sp³-hybridized carbons (Fsp3) is 0.500. The van der Waals surface area contributed by atoms with Crippen LogP contribution in [0.1, 0.15) is 12.8 Å². The highest BCUT2D eigenvalue weighted by molar-refractivity contribution is 6.01. The van der Waals surface area contributed by atoms with Gasteiger partial charge in [-0.05, 0) is 0 Å². The zero-order valence-corrected chi connectivity index (χ0v) is 5.41. The molecule has 1 radical (unpaired) electrons. The van der Waals surface area contributed by atoms with Gasteiger partial charge in [0.25, 0.3) is 0 Å². The molecule has 1 heterocycles. The van der Waals surface area contributed by atoms with Crippen molar-refractivity contribution < 1.29 is 14.7 Å². The second kappa shape index (κ2) is 2.79. The van der Waals surface area contributed by atoms with Crippen molar-refractivity contribution in [2.75, 3.05) is 6.54 Å². The lowest BCUT2D eigenvalue weighted by Crippen LogP contribution is -2.30. The van der Waals surface area contributed by atoms with Gasteiger partial charge in [0, 0.05) is 12.8 Å². The number of aliphatic hydroxyl groups excluding tert-OH is 1. The summed E-state index contributed by atoms with van der Waals surface area (Å²) in [5.74, 6) is -0.398. The van der Waals surface area contributed by atoms with Crippen LogP contribution in [0, 0.1) is 6.61 Å². The molecule has 1 aliphatic rings. The highest BCUT2D eigenvalue weighted by Gasteiger charge is 2.27. The molecule has 0 aromatic rings. The molecule has 0 spiro atoms. The maximum absolute atomic E-state index is 10.7. The van der Waals surface area contributed by atoms with Crippen LogP contribution in [0.2, 0.25) is 0 Å². The molecule has 0 unspecified atom stereocenters. The van der Waals surface area contributed by atoms with Gasteiger partial charge in [-0.2, -0.15) is 0 Å². The van der Waals surface area contributed by atoms with Crippen molar-refractivity contribution in [2.45, 2.75) is 12.8 Å². The Balaban J connectivity index is 2.54. The number of hydrogen-bond acceptors (Lipinski definition) is 3. The highest BCUT2D eigenvalue weighted by atomic mass is 16.3. The van der Waals surface area contributed by atoms with E-state index in [1.54, 1.807) is 0 Å². The molecule has 0 aliphatic carbocycles. The smallest absolute Gasteiger partial charge is 0.229 e. The summed E-state index contributed by atoms with van der Waals surface area (Å²) in [6.07, 6.45) is 0.569. The van der Waals surface area contributed by atoms with Gasteiger partial charge in [-0.3, -0.25) is 14.5 Å². The number of carbonyl (C=O) groups is 2. The third kappa shape index (κ3) is 1.16. The van der Waals surface area contributed by atoms with Crippen molar-refractivity contribution in [1.29, 1.82) is 0 Å². The van der Waals surface area contributed by atoms with Gasteiger partial charge in [0.05, 0.1) is 13.2 Å². The van der Waals surface area contributed by atoms with Gasteiger partial charge >= 0.3 is 0 Å². The van der Waals surface area contributed by atoms with E-state index in [1.165, 1.54) is 0 Å². The summed E-state index contributed by atoms with van der Waals surface area (Å²) >= 11 is 0. The van der Waals surface area contributed by atoms with E-state index in [9.17, 15) is 9.59 Å². The van der Waals surface area contributed by atoms with Crippen molar-refractivity contribution in [1.82, 2.24) is 4.90 Å². The molecule has 1 aliphatic heterocycles. The first-order valence-electron chi connectivity index (χ1n) is 3.05. The second-order valence-electron chi connectivity index (χ2n) is 2.08. The zero-order valence-electron chi connectivity index (χ0n) is 5.41. The van der Waals surface area contributed by atoms with E-state index in [1.807, 2.05) is 0 Å². The first-order chi connectivity index (χ1) is 4.75. The molecular weight excluding hydrogens is 134 g/mol. The number of nitrogens with zero attached hydrogens (tertiary/aromatic N) is 1. The first kappa shape index (κ1) is 7.21. The van der Waals surface area contributed by atoms with Gasteiger partial charge in [-0.1, -0.05) is 0 Å². The largest absolute Gasteiger partial charge is 0.388 e. The molecule has 1 rings (SSSR count). The Morgan fingerprint density at radius 3 is 2.30 bits per heavy atom. The standard InChI is InChI=1S/C6H8NO3/c8-4-3-7-5(9)1-2-6(7)10/h4,8H,1-3H2.